The number of nitrogens with zero attached hydrogens (tertiary/aromatic N) is 2. The number of rotatable bonds is 4. The molecule has 4 aromatic rings. The second-order valence-electron chi connectivity index (χ2n) is 7.96. The molecule has 2 atom stereocenters. The number of carbonyl (C=O) groups is 1. The lowest BCUT2D eigenvalue weighted by Crippen LogP contribution is -2.34. The molecule has 0 fully saturated rings. The molecule has 1 amide bonds. The number of benzene rings is 3. The summed E-state index contributed by atoms with van der Waals surface area (Å²) in [6.45, 7) is 0. The van der Waals surface area contributed by atoms with Gasteiger partial charge >= 0.3 is 0 Å². The number of carbonyl (C=O) groups excluding carboxylic acids is 1. The number of amides is 1. The minimum Gasteiger partial charge on any atom is -0.496 e. The van der Waals surface area contributed by atoms with Crippen LogP contribution in [-0.2, 0) is 0 Å². The van der Waals surface area contributed by atoms with Crippen LogP contribution in [-0.4, -0.2) is 17.6 Å². The molecule has 0 saturated carbocycles. The van der Waals surface area contributed by atoms with Crippen LogP contribution < -0.4 is 15.2 Å². The van der Waals surface area contributed by atoms with Gasteiger partial charge in [-0.2, -0.15) is 0 Å². The van der Waals surface area contributed by atoms with Crippen molar-refractivity contribution in [3.63, 3.8) is 0 Å². The van der Waals surface area contributed by atoms with Crippen LogP contribution in [0.1, 0.15) is 33.6 Å². The van der Waals surface area contributed by atoms with E-state index in [1.54, 1.807) is 64.1 Å². The fourth-order valence-electron chi connectivity index (χ4n) is 4.55. The van der Waals surface area contributed by atoms with Crippen LogP contribution >= 0.6 is 23.2 Å². The molecule has 1 aliphatic rings. The lowest BCUT2D eigenvalue weighted by Gasteiger charge is -2.29. The van der Waals surface area contributed by atoms with Gasteiger partial charge in [0.2, 0.25) is 0 Å². The van der Waals surface area contributed by atoms with E-state index in [2.05, 4.69) is 0 Å². The maximum Gasteiger partial charge on any atom is 0.263 e. The van der Waals surface area contributed by atoms with Gasteiger partial charge in [-0.05, 0) is 53.6 Å². The van der Waals surface area contributed by atoms with Gasteiger partial charge < -0.3 is 4.74 Å². The Labute approximate surface area is 206 Å². The Bertz CT molecular complexity index is 1420. The van der Waals surface area contributed by atoms with Gasteiger partial charge in [0.05, 0.1) is 24.8 Å². The molecular weight excluding hydrogens is 471 g/mol. The van der Waals surface area contributed by atoms with Gasteiger partial charge in [-0.1, -0.05) is 65.7 Å². The normalized spacial score (nSPS) is 16.9. The molecule has 5 rings (SSSR count). The average Bonchev–Trinajstić information content (AvgIpc) is 3.21. The summed E-state index contributed by atoms with van der Waals surface area (Å²) in [6, 6.07) is 25.7. The van der Waals surface area contributed by atoms with Crippen molar-refractivity contribution in [3.05, 3.63) is 128 Å². The van der Waals surface area contributed by atoms with Gasteiger partial charge in [0.25, 0.3) is 11.5 Å². The molecule has 0 bridgehead atoms. The molecule has 2 heterocycles. The maximum absolute atomic E-state index is 14.1. The predicted octanol–water partition coefficient (Wildman–Crippen LogP) is 6.15. The Hall–Kier alpha value is -3.54. The second kappa shape index (κ2) is 9.01. The van der Waals surface area contributed by atoms with Crippen LogP contribution in [0.2, 0.25) is 10.0 Å². The van der Waals surface area contributed by atoms with Gasteiger partial charge in [-0.15, -0.1) is 0 Å². The van der Waals surface area contributed by atoms with Crippen LogP contribution in [0.5, 0.6) is 5.75 Å². The highest BCUT2D eigenvalue weighted by atomic mass is 35.5. The number of ether oxygens (including phenoxy) is 1. The first kappa shape index (κ1) is 22.3. The van der Waals surface area contributed by atoms with Gasteiger partial charge in [0, 0.05) is 16.1 Å². The zero-order chi connectivity index (χ0) is 23.8. The summed E-state index contributed by atoms with van der Waals surface area (Å²) < 4.78 is 7.13. The van der Waals surface area contributed by atoms with Gasteiger partial charge in [-0.25, -0.2) is 0 Å². The molecule has 5 nitrogen and oxygen atoms in total. The van der Waals surface area contributed by atoms with Crippen LogP contribution in [0.4, 0.5) is 5.82 Å². The Balaban J connectivity index is 1.77. The zero-order valence-corrected chi connectivity index (χ0v) is 19.7. The van der Waals surface area contributed by atoms with Crippen LogP contribution in [0.3, 0.4) is 0 Å². The molecule has 0 spiro atoms. The van der Waals surface area contributed by atoms with E-state index in [0.29, 0.717) is 27.2 Å². The third kappa shape index (κ3) is 3.77. The summed E-state index contributed by atoms with van der Waals surface area (Å²) in [6.07, 6.45) is 0. The van der Waals surface area contributed by atoms with Crippen LogP contribution in [0.25, 0.3) is 0 Å². The van der Waals surface area contributed by atoms with Crippen molar-refractivity contribution < 1.29 is 9.53 Å². The summed E-state index contributed by atoms with van der Waals surface area (Å²) in [5.41, 5.74) is 1.90. The number of fused-ring (bicyclic) bond motifs is 1. The van der Waals surface area contributed by atoms with E-state index in [4.69, 9.17) is 27.9 Å². The van der Waals surface area contributed by atoms with Crippen LogP contribution in [0, 0.1) is 0 Å². The van der Waals surface area contributed by atoms with E-state index in [9.17, 15) is 9.59 Å². The molecule has 170 valence electrons. The molecule has 0 aliphatic carbocycles. The highest BCUT2D eigenvalue weighted by Crippen LogP contribution is 2.47. The monoisotopic (exact) mass is 490 g/mol. The van der Waals surface area contributed by atoms with Crippen molar-refractivity contribution in [1.29, 1.82) is 0 Å². The molecule has 3 aromatic carbocycles. The van der Waals surface area contributed by atoms with E-state index in [0.717, 1.165) is 11.1 Å². The zero-order valence-electron chi connectivity index (χ0n) is 18.2. The molecule has 0 radical (unpaired) electrons. The van der Waals surface area contributed by atoms with Crippen molar-refractivity contribution in [1.82, 2.24) is 4.57 Å². The number of aromatic nitrogens is 1. The van der Waals surface area contributed by atoms with Crippen molar-refractivity contribution in [3.8, 4) is 5.75 Å². The summed E-state index contributed by atoms with van der Waals surface area (Å²) in [5.74, 6) is 0.693. The molecule has 7 heteroatoms. The second-order valence-corrected chi connectivity index (χ2v) is 8.83. The lowest BCUT2D eigenvalue weighted by atomic mass is 9.93. The third-order valence-corrected chi connectivity index (χ3v) is 6.55. The molecular formula is C27H20Cl2N2O3. The first-order chi connectivity index (χ1) is 16.5. The molecule has 1 aromatic heterocycles. The number of methoxy groups -OCH3 is 1. The third-order valence-electron chi connectivity index (χ3n) is 6.05. The first-order valence-corrected chi connectivity index (χ1v) is 11.4. The topological polar surface area (TPSA) is 51.5 Å². The molecule has 1 aliphatic heterocycles. The molecule has 0 saturated heterocycles. The van der Waals surface area contributed by atoms with E-state index in [-0.39, 0.29) is 11.5 Å². The van der Waals surface area contributed by atoms with E-state index in [1.807, 2.05) is 30.3 Å². The highest BCUT2D eigenvalue weighted by Gasteiger charge is 2.44. The number of pyridine rings is 1. The summed E-state index contributed by atoms with van der Waals surface area (Å²) in [4.78, 5) is 28.9. The van der Waals surface area contributed by atoms with Crippen molar-refractivity contribution >= 4 is 34.9 Å². The first-order valence-electron chi connectivity index (χ1n) is 10.7. The maximum atomic E-state index is 14.1. The highest BCUT2D eigenvalue weighted by molar-refractivity contribution is 6.30. The van der Waals surface area contributed by atoms with Crippen LogP contribution in [0.15, 0.2) is 95.8 Å². The quantitative estimate of drug-likeness (QED) is 0.344. The Morgan fingerprint density at radius 1 is 0.765 bits per heavy atom. The Morgan fingerprint density at radius 3 is 1.97 bits per heavy atom. The minimum atomic E-state index is -0.508. The lowest BCUT2D eigenvalue weighted by molar-refractivity contribution is 0.0975. The van der Waals surface area contributed by atoms with Gasteiger partial charge in [-0.3, -0.25) is 19.1 Å². The number of para-hydroxylation sites is 1. The van der Waals surface area contributed by atoms with E-state index < -0.39 is 12.1 Å². The van der Waals surface area contributed by atoms with Crippen molar-refractivity contribution in [2.24, 2.45) is 0 Å². The molecule has 34 heavy (non-hydrogen) atoms. The minimum absolute atomic E-state index is 0.202. The van der Waals surface area contributed by atoms with Gasteiger partial charge in [0.15, 0.2) is 0 Å². The number of hydrogen-bond acceptors (Lipinski definition) is 3. The van der Waals surface area contributed by atoms with Crippen molar-refractivity contribution in [2.75, 3.05) is 12.0 Å². The molecule has 0 N–H and O–H groups in total. The Morgan fingerprint density at radius 2 is 1.35 bits per heavy atom. The standard InChI is InChI=1S/C27H20Cl2N2O3/c1-34-22-6-3-2-5-21(22)27(33)31-23-7-4-8-24(32)30(23)25(17-9-13-19(28)14-10-17)26(31)18-11-15-20(29)16-12-18/h2-16,25-26H,1H3/t25-,26+/m1/s1. The van der Waals surface area contributed by atoms with Crippen molar-refractivity contribution in [2.45, 2.75) is 12.1 Å². The largest absolute Gasteiger partial charge is 0.496 e. The van der Waals surface area contributed by atoms with Gasteiger partial charge in [0.1, 0.15) is 11.6 Å². The smallest absolute Gasteiger partial charge is 0.263 e. The number of halogens is 2. The Kier molecular flexibility index (Phi) is 5.90. The predicted molar refractivity (Wildman–Crippen MR) is 134 cm³/mol. The summed E-state index contributed by atoms with van der Waals surface area (Å²) in [7, 11) is 1.53. The average molecular weight is 491 g/mol. The fraction of sp³-hybridized carbons (Fsp3) is 0.111. The summed E-state index contributed by atoms with van der Waals surface area (Å²) in [5, 5.41) is 1.18. The molecule has 0 unspecified atom stereocenters. The number of hydrogen-bond donors (Lipinski definition) is 0. The SMILES string of the molecule is COc1ccccc1C(=O)N1c2cccc(=O)n2[C@H](c2ccc(Cl)cc2)[C@@H]1c1ccc(Cl)cc1. The van der Waals surface area contributed by atoms with E-state index >= 15 is 0 Å². The fourth-order valence-corrected chi connectivity index (χ4v) is 4.81. The van der Waals surface area contributed by atoms with E-state index in [1.165, 1.54) is 13.2 Å². The summed E-state index contributed by atoms with van der Waals surface area (Å²) >= 11 is 12.3. The number of anilines is 1.